The highest BCUT2D eigenvalue weighted by molar-refractivity contribution is 7.93. The summed E-state index contributed by atoms with van der Waals surface area (Å²) < 4.78 is 32.1. The normalized spacial score (nSPS) is 11.3. The molecule has 0 saturated carbocycles. The molecule has 0 saturated heterocycles. The van der Waals surface area contributed by atoms with Crippen LogP contribution in [0.3, 0.4) is 0 Å². The summed E-state index contributed by atoms with van der Waals surface area (Å²) in [6, 6.07) is 4.92. The van der Waals surface area contributed by atoms with Gasteiger partial charge in [-0.3, -0.25) is 4.72 Å². The number of ether oxygens (including phenoxy) is 1. The van der Waals surface area contributed by atoms with E-state index in [1.807, 2.05) is 7.05 Å². The largest absolute Gasteiger partial charge is 0.495 e. The van der Waals surface area contributed by atoms with E-state index in [2.05, 4.69) is 20.2 Å². The van der Waals surface area contributed by atoms with Gasteiger partial charge in [0.2, 0.25) is 5.13 Å². The molecule has 108 valence electrons. The molecule has 0 radical (unpaired) electrons. The third kappa shape index (κ3) is 3.24. The van der Waals surface area contributed by atoms with Gasteiger partial charge in [0, 0.05) is 6.54 Å². The average Bonchev–Trinajstić information content (AvgIpc) is 2.91. The van der Waals surface area contributed by atoms with Gasteiger partial charge in [-0.25, -0.2) is 8.42 Å². The molecule has 0 bridgehead atoms. The molecule has 2 aromatic rings. The molecule has 0 aliphatic rings. The lowest BCUT2D eigenvalue weighted by atomic mass is 10.2. The summed E-state index contributed by atoms with van der Waals surface area (Å²) in [5.74, 6) is 0.287. The summed E-state index contributed by atoms with van der Waals surface area (Å²) in [6.45, 7) is 0.626. The van der Waals surface area contributed by atoms with Crippen LogP contribution in [0.2, 0.25) is 0 Å². The van der Waals surface area contributed by atoms with Gasteiger partial charge in [-0.2, -0.15) is 0 Å². The van der Waals surface area contributed by atoms with Crippen LogP contribution in [0.1, 0.15) is 5.56 Å². The van der Waals surface area contributed by atoms with Crippen molar-refractivity contribution in [2.45, 2.75) is 11.4 Å². The third-order valence-electron chi connectivity index (χ3n) is 2.48. The number of nitrogens with one attached hydrogen (secondary N) is 2. The van der Waals surface area contributed by atoms with E-state index in [-0.39, 0.29) is 15.8 Å². The van der Waals surface area contributed by atoms with Gasteiger partial charge >= 0.3 is 0 Å². The van der Waals surface area contributed by atoms with E-state index < -0.39 is 10.0 Å². The molecule has 0 atom stereocenters. The zero-order chi connectivity index (χ0) is 14.6. The molecule has 1 aromatic carbocycles. The van der Waals surface area contributed by atoms with Crippen LogP contribution in [0.15, 0.2) is 28.6 Å². The van der Waals surface area contributed by atoms with Gasteiger partial charge in [-0.1, -0.05) is 17.4 Å². The highest BCUT2D eigenvalue weighted by atomic mass is 32.2. The molecule has 1 aromatic heterocycles. The highest BCUT2D eigenvalue weighted by Crippen LogP contribution is 2.27. The first-order valence-corrected chi connectivity index (χ1v) is 8.03. The molecule has 2 rings (SSSR count). The van der Waals surface area contributed by atoms with Crippen LogP contribution in [0.4, 0.5) is 5.13 Å². The first-order valence-electron chi connectivity index (χ1n) is 5.67. The number of aromatic nitrogens is 2. The Morgan fingerprint density at radius 1 is 1.40 bits per heavy atom. The van der Waals surface area contributed by atoms with Crippen molar-refractivity contribution in [3.8, 4) is 5.75 Å². The quantitative estimate of drug-likeness (QED) is 0.828. The Bertz CT molecular complexity index is 671. The van der Waals surface area contributed by atoms with Crippen LogP contribution < -0.4 is 14.8 Å². The number of nitrogens with zero attached hydrogens (tertiary/aromatic N) is 2. The highest BCUT2D eigenvalue weighted by Gasteiger charge is 2.21. The summed E-state index contributed by atoms with van der Waals surface area (Å²) in [5, 5.41) is 10.4. The lowest BCUT2D eigenvalue weighted by Gasteiger charge is -2.11. The maximum absolute atomic E-state index is 12.3. The predicted molar refractivity (Wildman–Crippen MR) is 76.5 cm³/mol. The van der Waals surface area contributed by atoms with Gasteiger partial charge in [0.1, 0.15) is 16.2 Å². The second-order valence-electron chi connectivity index (χ2n) is 3.86. The van der Waals surface area contributed by atoms with Crippen molar-refractivity contribution in [3.05, 3.63) is 29.3 Å². The van der Waals surface area contributed by atoms with E-state index in [0.717, 1.165) is 16.9 Å². The monoisotopic (exact) mass is 314 g/mol. The molecule has 0 fully saturated rings. The van der Waals surface area contributed by atoms with Crippen molar-refractivity contribution in [2.75, 3.05) is 18.9 Å². The summed E-state index contributed by atoms with van der Waals surface area (Å²) in [4.78, 5) is 0.0649. The smallest absolute Gasteiger partial charge is 0.267 e. The van der Waals surface area contributed by atoms with E-state index in [0.29, 0.717) is 6.54 Å². The fourth-order valence-corrected chi connectivity index (χ4v) is 3.48. The van der Waals surface area contributed by atoms with Gasteiger partial charge in [-0.05, 0) is 24.7 Å². The van der Waals surface area contributed by atoms with Crippen LogP contribution in [-0.4, -0.2) is 32.8 Å². The second-order valence-corrected chi connectivity index (χ2v) is 6.35. The molecular weight excluding hydrogens is 300 g/mol. The van der Waals surface area contributed by atoms with Gasteiger partial charge < -0.3 is 10.1 Å². The van der Waals surface area contributed by atoms with E-state index >= 15 is 0 Å². The third-order valence-corrected chi connectivity index (χ3v) is 4.59. The Labute approximate surface area is 121 Å². The van der Waals surface area contributed by atoms with Gasteiger partial charge in [0.15, 0.2) is 0 Å². The number of benzene rings is 1. The Hall–Kier alpha value is -1.71. The predicted octanol–water partition coefficient (Wildman–Crippen LogP) is 1.07. The van der Waals surface area contributed by atoms with Crippen LogP contribution in [0, 0.1) is 0 Å². The Morgan fingerprint density at radius 2 is 2.20 bits per heavy atom. The van der Waals surface area contributed by atoms with Crippen molar-refractivity contribution in [2.24, 2.45) is 0 Å². The lowest BCUT2D eigenvalue weighted by molar-refractivity contribution is 0.402. The minimum atomic E-state index is -3.75. The molecule has 20 heavy (non-hydrogen) atoms. The molecule has 0 aliphatic carbocycles. The van der Waals surface area contributed by atoms with Crippen molar-refractivity contribution in [1.82, 2.24) is 15.5 Å². The molecule has 1 heterocycles. The SMILES string of the molecule is CNCc1ccc(S(=O)(=O)Nc2nncs2)c(OC)c1. The number of sulfonamides is 1. The van der Waals surface area contributed by atoms with Crippen molar-refractivity contribution < 1.29 is 13.2 Å². The van der Waals surface area contributed by atoms with Gasteiger partial charge in [0.25, 0.3) is 10.0 Å². The number of rotatable bonds is 6. The van der Waals surface area contributed by atoms with Gasteiger partial charge in [-0.15, -0.1) is 10.2 Å². The van der Waals surface area contributed by atoms with Crippen LogP contribution in [-0.2, 0) is 16.6 Å². The first kappa shape index (κ1) is 14.7. The molecule has 9 heteroatoms. The van der Waals surface area contributed by atoms with E-state index in [1.165, 1.54) is 18.7 Å². The number of anilines is 1. The Kier molecular flexibility index (Phi) is 4.53. The second kappa shape index (κ2) is 6.16. The molecule has 0 amide bonds. The summed E-state index contributed by atoms with van der Waals surface area (Å²) in [5.41, 5.74) is 2.38. The zero-order valence-electron chi connectivity index (χ0n) is 11.0. The topological polar surface area (TPSA) is 93.2 Å². The summed E-state index contributed by atoms with van der Waals surface area (Å²) >= 11 is 1.11. The van der Waals surface area contributed by atoms with Crippen LogP contribution >= 0.6 is 11.3 Å². The fourth-order valence-electron chi connectivity index (χ4n) is 1.64. The van der Waals surface area contributed by atoms with E-state index in [9.17, 15) is 8.42 Å². The number of methoxy groups -OCH3 is 1. The molecule has 2 N–H and O–H groups in total. The maximum Gasteiger partial charge on any atom is 0.267 e. The molecule has 0 unspecified atom stereocenters. The summed E-state index contributed by atoms with van der Waals surface area (Å²) in [7, 11) is -0.499. The van der Waals surface area contributed by atoms with Crippen molar-refractivity contribution in [1.29, 1.82) is 0 Å². The minimum Gasteiger partial charge on any atom is -0.495 e. The average molecular weight is 314 g/mol. The molecule has 7 nitrogen and oxygen atoms in total. The standard InChI is InChI=1S/C11H14N4O3S2/c1-12-6-8-3-4-10(9(5-8)18-2)20(16,17)15-11-14-13-7-19-11/h3-5,7,12H,6H2,1-2H3,(H,14,15). The molecule has 0 spiro atoms. The number of hydrogen-bond acceptors (Lipinski definition) is 7. The Morgan fingerprint density at radius 3 is 2.80 bits per heavy atom. The van der Waals surface area contributed by atoms with E-state index in [4.69, 9.17) is 4.74 Å². The van der Waals surface area contributed by atoms with Crippen molar-refractivity contribution in [3.63, 3.8) is 0 Å². The molecular formula is C11H14N4O3S2. The molecule has 0 aliphatic heterocycles. The van der Waals surface area contributed by atoms with Gasteiger partial charge in [0.05, 0.1) is 7.11 Å². The van der Waals surface area contributed by atoms with Crippen LogP contribution in [0.25, 0.3) is 0 Å². The van der Waals surface area contributed by atoms with E-state index in [1.54, 1.807) is 12.1 Å². The van der Waals surface area contributed by atoms with Crippen LogP contribution in [0.5, 0.6) is 5.75 Å². The maximum atomic E-state index is 12.3. The summed E-state index contributed by atoms with van der Waals surface area (Å²) in [6.07, 6.45) is 0. The van der Waals surface area contributed by atoms with Crippen molar-refractivity contribution >= 4 is 26.5 Å². The zero-order valence-corrected chi connectivity index (χ0v) is 12.6. The Balaban J connectivity index is 2.35. The number of hydrogen-bond donors (Lipinski definition) is 2. The lowest BCUT2D eigenvalue weighted by Crippen LogP contribution is -2.14. The first-order chi connectivity index (χ1) is 9.56. The minimum absolute atomic E-state index is 0.0649. The fraction of sp³-hybridized carbons (Fsp3) is 0.273.